The molecule has 3 aromatic heterocycles. The van der Waals surface area contributed by atoms with Crippen LogP contribution in [0.2, 0.25) is 0 Å². The quantitative estimate of drug-likeness (QED) is 0.467. The van der Waals surface area contributed by atoms with E-state index < -0.39 is 28.8 Å². The van der Waals surface area contributed by atoms with Crippen molar-refractivity contribution >= 4 is 29.0 Å². The van der Waals surface area contributed by atoms with Crippen LogP contribution in [-0.2, 0) is 6.18 Å². The van der Waals surface area contributed by atoms with Crippen molar-refractivity contribution in [1.29, 1.82) is 0 Å². The molecule has 152 valence electrons. The van der Waals surface area contributed by atoms with E-state index in [9.17, 15) is 27.6 Å². The van der Waals surface area contributed by atoms with Crippen molar-refractivity contribution < 1.29 is 18.0 Å². The number of Topliss-reactive ketones (excluding diaryl/α,β-unsaturated/α-hetero) is 1. The first-order chi connectivity index (χ1) is 13.7. The van der Waals surface area contributed by atoms with Crippen LogP contribution in [0.3, 0.4) is 0 Å². The van der Waals surface area contributed by atoms with Gasteiger partial charge in [0.25, 0.3) is 5.56 Å². The molecule has 0 aromatic carbocycles. The number of ketones is 1. The number of alkyl halides is 3. The number of H-pyrrole nitrogens is 1. The number of nitrogens with two attached hydrogens (primary N) is 1. The Morgan fingerprint density at radius 3 is 2.66 bits per heavy atom. The molecule has 0 saturated heterocycles. The Morgan fingerprint density at radius 2 is 2.00 bits per heavy atom. The molecule has 1 saturated carbocycles. The third-order valence-corrected chi connectivity index (χ3v) is 5.35. The molecule has 0 atom stereocenters. The van der Waals surface area contributed by atoms with Crippen LogP contribution in [0.4, 0.5) is 19.0 Å². The Kier molecular flexibility index (Phi) is 4.48. The highest BCUT2D eigenvalue weighted by molar-refractivity contribution is 7.99. The van der Waals surface area contributed by atoms with Gasteiger partial charge in [0.15, 0.2) is 16.6 Å². The zero-order valence-corrected chi connectivity index (χ0v) is 15.4. The molecule has 1 aliphatic carbocycles. The van der Waals surface area contributed by atoms with Crippen LogP contribution in [0.1, 0.15) is 34.8 Å². The van der Waals surface area contributed by atoms with Crippen LogP contribution in [0.5, 0.6) is 0 Å². The molecule has 13 heteroatoms. The summed E-state index contributed by atoms with van der Waals surface area (Å²) in [6.07, 6.45) is -2.29. The highest BCUT2D eigenvalue weighted by Crippen LogP contribution is 2.35. The molecule has 0 bridgehead atoms. The lowest BCUT2D eigenvalue weighted by Gasteiger charge is -2.11. The second-order valence-corrected chi connectivity index (χ2v) is 7.40. The number of thioether (sulfide) groups is 1. The normalized spacial score (nSPS) is 14.4. The van der Waals surface area contributed by atoms with E-state index >= 15 is 0 Å². The van der Waals surface area contributed by atoms with E-state index in [-0.39, 0.29) is 34.0 Å². The third-order valence-electron chi connectivity index (χ3n) is 4.40. The molecular formula is C16H13F3N6O3S. The van der Waals surface area contributed by atoms with Gasteiger partial charge in [-0.05, 0) is 25.0 Å². The summed E-state index contributed by atoms with van der Waals surface area (Å²) in [6, 6.07) is 1.89. The first kappa shape index (κ1) is 19.2. The number of nitrogen functional groups attached to an aromatic ring is 1. The highest BCUT2D eigenvalue weighted by Gasteiger charge is 2.32. The molecule has 0 radical (unpaired) electrons. The van der Waals surface area contributed by atoms with Gasteiger partial charge in [0.1, 0.15) is 11.4 Å². The number of carbonyl (C=O) groups excluding carboxylic acids is 1. The molecule has 4 rings (SSSR count). The second kappa shape index (κ2) is 6.76. The molecule has 1 aliphatic rings. The predicted octanol–water partition coefficient (Wildman–Crippen LogP) is 1.49. The van der Waals surface area contributed by atoms with Gasteiger partial charge in [-0.1, -0.05) is 11.8 Å². The summed E-state index contributed by atoms with van der Waals surface area (Å²) in [7, 11) is 0. The molecule has 0 amide bonds. The standard InChI is InChI=1S/C16H13F3N6O3S/c17-16(18,19)7-1-4-10-22-23-15(24(10)5-7)29-6-9(26)11-12(20)25(8-2-3-8)14(28)21-13(11)27/h1,4-5,8H,2-3,6,20H2,(H,21,27,28). The van der Waals surface area contributed by atoms with Crippen molar-refractivity contribution in [3.8, 4) is 0 Å². The average Bonchev–Trinajstić information content (AvgIpc) is 3.37. The zero-order valence-electron chi connectivity index (χ0n) is 14.6. The number of hydrogen-bond acceptors (Lipinski definition) is 7. The summed E-state index contributed by atoms with van der Waals surface area (Å²) in [5, 5.41) is 7.59. The van der Waals surface area contributed by atoms with Crippen molar-refractivity contribution in [2.75, 3.05) is 11.5 Å². The molecule has 0 spiro atoms. The van der Waals surface area contributed by atoms with Gasteiger partial charge < -0.3 is 5.73 Å². The molecule has 29 heavy (non-hydrogen) atoms. The van der Waals surface area contributed by atoms with Crippen molar-refractivity contribution in [3.63, 3.8) is 0 Å². The summed E-state index contributed by atoms with van der Waals surface area (Å²) in [6.45, 7) is 0. The summed E-state index contributed by atoms with van der Waals surface area (Å²) < 4.78 is 41.1. The number of carbonyl (C=O) groups is 1. The predicted molar refractivity (Wildman–Crippen MR) is 97.0 cm³/mol. The van der Waals surface area contributed by atoms with Crippen molar-refractivity contribution in [2.24, 2.45) is 0 Å². The van der Waals surface area contributed by atoms with Crippen LogP contribution in [0.15, 0.2) is 33.1 Å². The number of aromatic amines is 1. The molecule has 3 heterocycles. The van der Waals surface area contributed by atoms with Gasteiger partial charge in [-0.3, -0.25) is 23.5 Å². The Balaban J connectivity index is 1.62. The molecule has 1 fully saturated rings. The van der Waals surface area contributed by atoms with Gasteiger partial charge in [0.05, 0.1) is 11.3 Å². The van der Waals surface area contributed by atoms with Gasteiger partial charge >= 0.3 is 11.9 Å². The number of nitrogens with one attached hydrogen (secondary N) is 1. The van der Waals surface area contributed by atoms with Crippen LogP contribution < -0.4 is 17.0 Å². The van der Waals surface area contributed by atoms with Crippen LogP contribution in [0, 0.1) is 0 Å². The molecule has 3 aromatic rings. The van der Waals surface area contributed by atoms with Crippen LogP contribution in [0.25, 0.3) is 5.65 Å². The van der Waals surface area contributed by atoms with Crippen molar-refractivity contribution in [2.45, 2.75) is 30.2 Å². The van der Waals surface area contributed by atoms with Gasteiger partial charge in [-0.25, -0.2) is 4.79 Å². The minimum absolute atomic E-state index is 0.0463. The Bertz CT molecular complexity index is 1240. The maximum atomic E-state index is 12.9. The SMILES string of the molecule is Nc1c(C(=O)CSc2nnc3ccc(C(F)(F)F)cn23)c(=O)[nH]c(=O)n1C1CC1. The largest absolute Gasteiger partial charge is 0.417 e. The zero-order chi connectivity index (χ0) is 20.9. The smallest absolute Gasteiger partial charge is 0.384 e. The van der Waals surface area contributed by atoms with E-state index in [4.69, 9.17) is 5.73 Å². The second-order valence-electron chi connectivity index (χ2n) is 6.46. The molecule has 0 unspecified atom stereocenters. The molecular weight excluding hydrogens is 413 g/mol. The fourth-order valence-corrected chi connectivity index (χ4v) is 3.66. The van der Waals surface area contributed by atoms with Crippen molar-refractivity contribution in [3.05, 3.63) is 50.3 Å². The lowest BCUT2D eigenvalue weighted by atomic mass is 10.2. The minimum atomic E-state index is -4.55. The summed E-state index contributed by atoms with van der Waals surface area (Å²) in [5.41, 5.74) is 3.24. The first-order valence-electron chi connectivity index (χ1n) is 8.39. The van der Waals surface area contributed by atoms with Crippen molar-refractivity contribution in [1.82, 2.24) is 24.1 Å². The van der Waals surface area contributed by atoms with Crippen LogP contribution in [-0.4, -0.2) is 35.7 Å². The average molecular weight is 426 g/mol. The maximum Gasteiger partial charge on any atom is 0.417 e. The number of hydrogen-bond donors (Lipinski definition) is 2. The number of halogens is 3. The molecule has 3 N–H and O–H groups in total. The van der Waals surface area contributed by atoms with Gasteiger partial charge in [-0.15, -0.1) is 10.2 Å². The maximum absolute atomic E-state index is 12.9. The Labute approximate surface area is 163 Å². The van der Waals surface area contributed by atoms with Gasteiger partial charge in [0.2, 0.25) is 0 Å². The number of aromatic nitrogens is 5. The third kappa shape index (κ3) is 3.52. The minimum Gasteiger partial charge on any atom is -0.384 e. The molecule has 9 nitrogen and oxygen atoms in total. The summed E-state index contributed by atoms with van der Waals surface area (Å²) in [4.78, 5) is 38.7. The van der Waals surface area contributed by atoms with E-state index in [0.29, 0.717) is 12.8 Å². The molecule has 0 aliphatic heterocycles. The van der Waals surface area contributed by atoms with Gasteiger partial charge in [-0.2, -0.15) is 13.2 Å². The van der Waals surface area contributed by atoms with E-state index in [2.05, 4.69) is 15.2 Å². The number of nitrogens with zero attached hydrogens (tertiary/aromatic N) is 4. The summed E-state index contributed by atoms with van der Waals surface area (Å²) >= 11 is 0.807. The van der Waals surface area contributed by atoms with E-state index in [1.165, 1.54) is 4.57 Å². The Hall–Kier alpha value is -3.09. The Morgan fingerprint density at radius 1 is 1.28 bits per heavy atom. The number of anilines is 1. The lowest BCUT2D eigenvalue weighted by Crippen LogP contribution is -2.36. The van der Waals surface area contributed by atoms with Crippen LogP contribution >= 0.6 is 11.8 Å². The summed E-state index contributed by atoms with van der Waals surface area (Å²) in [5.74, 6) is -1.21. The van der Waals surface area contributed by atoms with Gasteiger partial charge in [0, 0.05) is 12.2 Å². The van der Waals surface area contributed by atoms with E-state index in [1.54, 1.807) is 0 Å². The lowest BCUT2D eigenvalue weighted by molar-refractivity contribution is -0.137. The highest BCUT2D eigenvalue weighted by atomic mass is 32.2. The fourth-order valence-electron chi connectivity index (χ4n) is 2.87. The first-order valence-corrected chi connectivity index (χ1v) is 9.37. The van der Waals surface area contributed by atoms with E-state index in [1.807, 2.05) is 0 Å². The number of rotatable bonds is 5. The van der Waals surface area contributed by atoms with E-state index in [0.717, 1.165) is 34.5 Å². The number of fused-ring (bicyclic) bond motifs is 1. The monoisotopic (exact) mass is 426 g/mol. The topological polar surface area (TPSA) is 128 Å². The number of pyridine rings is 1. The fraction of sp³-hybridized carbons (Fsp3) is 0.312.